The molecule has 0 fully saturated rings. The topological polar surface area (TPSA) is 122 Å². The molecular formula is C35H47Cl2N3O6. The Morgan fingerprint density at radius 2 is 0.935 bits per heavy atom. The number of amides is 3. The van der Waals surface area contributed by atoms with E-state index in [1.807, 2.05) is 45.9 Å². The second-order valence-corrected chi connectivity index (χ2v) is 12.8. The number of halogens is 2. The van der Waals surface area contributed by atoms with Crippen molar-refractivity contribution in [1.29, 1.82) is 0 Å². The lowest BCUT2D eigenvalue weighted by Crippen LogP contribution is -2.24. The van der Waals surface area contributed by atoms with E-state index in [1.54, 1.807) is 31.3 Å². The Balaban J connectivity index is 0.000000347. The van der Waals surface area contributed by atoms with Gasteiger partial charge < -0.3 is 15.3 Å². The summed E-state index contributed by atoms with van der Waals surface area (Å²) in [4.78, 5) is 36.0. The highest BCUT2D eigenvalue weighted by Gasteiger charge is 2.15. The zero-order valence-corrected chi connectivity index (χ0v) is 30.0. The molecule has 0 heterocycles. The largest absolute Gasteiger partial charge is 0.465 e. The Morgan fingerprint density at radius 1 is 0.543 bits per heavy atom. The van der Waals surface area contributed by atoms with Crippen molar-refractivity contribution in [3.63, 3.8) is 0 Å². The van der Waals surface area contributed by atoms with Gasteiger partial charge >= 0.3 is 18.3 Å². The maximum atomic E-state index is 11.0. The van der Waals surface area contributed by atoms with Gasteiger partial charge in [0.2, 0.25) is 0 Å². The standard InChI is InChI=1S/C14H21NO2.C11H14ClNO2.C10H12ClNO2/c1-9(2)11-6-12(10(3)4)8-13(7-11)15(5)14(16)17;1-7(2)8-4-5-9(12)10(6-8)13(3)11(14)15;1-6-4-8(11)9(5-7(6)2)12(3)10(13)14/h6-10H,1-5H3,(H,16,17);4-7H,1-3H3,(H,14,15);4-5H,1-3H3,(H,13,14). The molecule has 9 nitrogen and oxygen atoms in total. The Kier molecular flexibility index (Phi) is 15.4. The minimum absolute atomic E-state index is 0.350. The molecule has 3 aromatic rings. The van der Waals surface area contributed by atoms with Crippen LogP contribution in [0.25, 0.3) is 0 Å². The fraction of sp³-hybridized carbons (Fsp3) is 0.400. The van der Waals surface area contributed by atoms with E-state index in [4.69, 9.17) is 38.5 Å². The van der Waals surface area contributed by atoms with Crippen LogP contribution in [0.3, 0.4) is 0 Å². The molecule has 0 bridgehead atoms. The van der Waals surface area contributed by atoms with Gasteiger partial charge in [0, 0.05) is 26.8 Å². The van der Waals surface area contributed by atoms with Crippen LogP contribution in [0.2, 0.25) is 10.0 Å². The molecule has 0 saturated carbocycles. The number of aryl methyl sites for hydroxylation is 2. The Hall–Kier alpha value is -3.95. The number of nitrogens with zero attached hydrogens (tertiary/aromatic N) is 3. The minimum atomic E-state index is -1.02. The number of carbonyl (C=O) groups is 3. The molecule has 46 heavy (non-hydrogen) atoms. The second-order valence-electron chi connectivity index (χ2n) is 11.9. The van der Waals surface area contributed by atoms with Crippen LogP contribution in [0, 0.1) is 13.8 Å². The number of carboxylic acid groups (broad SMARTS) is 3. The summed E-state index contributed by atoms with van der Waals surface area (Å²) < 4.78 is 0. The molecule has 3 rings (SSSR count). The fourth-order valence-electron chi connectivity index (χ4n) is 4.00. The van der Waals surface area contributed by atoms with Crippen LogP contribution in [0.4, 0.5) is 31.4 Å². The summed E-state index contributed by atoms with van der Waals surface area (Å²) in [6.07, 6.45) is -2.96. The lowest BCUT2D eigenvalue weighted by atomic mass is 9.95. The molecule has 0 aromatic heterocycles. The maximum absolute atomic E-state index is 11.0. The summed E-state index contributed by atoms with van der Waals surface area (Å²) in [5.74, 6) is 1.15. The van der Waals surface area contributed by atoms with Crippen LogP contribution in [0.15, 0.2) is 48.5 Å². The van der Waals surface area contributed by atoms with Gasteiger partial charge in [-0.25, -0.2) is 14.4 Å². The third-order valence-corrected chi connectivity index (χ3v) is 8.09. The SMILES string of the molecule is CC(C)c1cc(C(C)C)cc(N(C)C(=O)O)c1.CC(C)c1ccc(Cl)c(N(C)C(=O)O)c1.Cc1cc(Cl)c(N(C)C(=O)O)cc1C. The van der Waals surface area contributed by atoms with Crippen molar-refractivity contribution in [2.24, 2.45) is 0 Å². The summed E-state index contributed by atoms with van der Waals surface area (Å²) in [5.41, 5.74) is 7.29. The van der Waals surface area contributed by atoms with Gasteiger partial charge in [-0.15, -0.1) is 0 Å². The summed E-state index contributed by atoms with van der Waals surface area (Å²) in [6, 6.07) is 15.0. The summed E-state index contributed by atoms with van der Waals surface area (Å²) in [6.45, 7) is 16.4. The normalized spacial score (nSPS) is 10.5. The van der Waals surface area contributed by atoms with E-state index < -0.39 is 18.3 Å². The van der Waals surface area contributed by atoms with Crippen LogP contribution in [0.5, 0.6) is 0 Å². The molecule has 3 amide bonds. The smallest absolute Gasteiger partial charge is 0.411 e. The molecule has 0 atom stereocenters. The van der Waals surface area contributed by atoms with Crippen molar-refractivity contribution >= 4 is 58.5 Å². The molecule has 3 N–H and O–H groups in total. The Labute approximate surface area is 283 Å². The highest BCUT2D eigenvalue weighted by Crippen LogP contribution is 2.30. The molecule has 0 aliphatic rings. The molecule has 0 aliphatic heterocycles. The molecule has 0 aliphatic carbocycles. The van der Waals surface area contributed by atoms with Crippen LogP contribution < -0.4 is 14.7 Å². The number of anilines is 3. The predicted molar refractivity (Wildman–Crippen MR) is 190 cm³/mol. The molecule has 0 spiro atoms. The highest BCUT2D eigenvalue weighted by molar-refractivity contribution is 6.34. The zero-order valence-electron chi connectivity index (χ0n) is 28.5. The van der Waals surface area contributed by atoms with Gasteiger partial charge in [0.25, 0.3) is 0 Å². The Bertz CT molecular complexity index is 1500. The molecule has 252 valence electrons. The summed E-state index contributed by atoms with van der Waals surface area (Å²) in [7, 11) is 4.53. The van der Waals surface area contributed by atoms with E-state index in [2.05, 4.69) is 33.8 Å². The average Bonchev–Trinajstić information content (AvgIpc) is 2.98. The van der Waals surface area contributed by atoms with E-state index in [0.29, 0.717) is 39.2 Å². The zero-order chi connectivity index (χ0) is 35.6. The first kappa shape index (κ1) is 40.1. The second kappa shape index (κ2) is 17.7. The van der Waals surface area contributed by atoms with Crippen molar-refractivity contribution in [1.82, 2.24) is 0 Å². The van der Waals surface area contributed by atoms with E-state index >= 15 is 0 Å². The van der Waals surface area contributed by atoms with E-state index in [9.17, 15) is 14.4 Å². The quantitative estimate of drug-likeness (QED) is 0.239. The van der Waals surface area contributed by atoms with Gasteiger partial charge in [0.15, 0.2) is 0 Å². The predicted octanol–water partition coefficient (Wildman–Crippen LogP) is 10.7. The third-order valence-electron chi connectivity index (χ3n) is 7.47. The van der Waals surface area contributed by atoms with Crippen LogP contribution in [0.1, 0.15) is 87.1 Å². The van der Waals surface area contributed by atoms with Gasteiger partial charge in [0.1, 0.15) is 0 Å². The third kappa shape index (κ3) is 11.4. The first-order valence-electron chi connectivity index (χ1n) is 14.8. The van der Waals surface area contributed by atoms with Crippen LogP contribution in [-0.4, -0.2) is 54.7 Å². The average molecular weight is 677 g/mol. The first-order valence-corrected chi connectivity index (χ1v) is 15.6. The lowest BCUT2D eigenvalue weighted by molar-refractivity contribution is 0.202. The maximum Gasteiger partial charge on any atom is 0.411 e. The number of hydrogen-bond acceptors (Lipinski definition) is 3. The molecule has 0 unspecified atom stereocenters. The van der Waals surface area contributed by atoms with Gasteiger partial charge in [-0.05, 0) is 95.8 Å². The number of rotatable bonds is 6. The lowest BCUT2D eigenvalue weighted by Gasteiger charge is -2.19. The van der Waals surface area contributed by atoms with Gasteiger partial charge in [0.05, 0.1) is 21.4 Å². The van der Waals surface area contributed by atoms with Crippen LogP contribution in [-0.2, 0) is 0 Å². The van der Waals surface area contributed by atoms with Gasteiger partial charge in [-0.3, -0.25) is 14.7 Å². The molecule has 11 heteroatoms. The molecule has 0 radical (unpaired) electrons. The van der Waals surface area contributed by atoms with E-state index in [-0.39, 0.29) is 0 Å². The molecule has 0 saturated heterocycles. The first-order chi connectivity index (χ1) is 21.2. The van der Waals surface area contributed by atoms with Crippen molar-refractivity contribution in [2.75, 3.05) is 35.8 Å². The van der Waals surface area contributed by atoms with Crippen molar-refractivity contribution in [3.8, 4) is 0 Å². The number of hydrogen-bond donors (Lipinski definition) is 3. The fourth-order valence-corrected chi connectivity index (χ4v) is 4.59. The van der Waals surface area contributed by atoms with Gasteiger partial charge in [-0.2, -0.15) is 0 Å². The van der Waals surface area contributed by atoms with Crippen molar-refractivity contribution < 1.29 is 29.7 Å². The van der Waals surface area contributed by atoms with Crippen molar-refractivity contribution in [2.45, 2.75) is 73.1 Å². The van der Waals surface area contributed by atoms with Gasteiger partial charge in [-0.1, -0.05) is 76.9 Å². The van der Waals surface area contributed by atoms with Crippen molar-refractivity contribution in [3.05, 3.63) is 86.4 Å². The number of benzene rings is 3. The minimum Gasteiger partial charge on any atom is -0.465 e. The monoisotopic (exact) mass is 675 g/mol. The molecular weight excluding hydrogens is 629 g/mol. The van der Waals surface area contributed by atoms with Crippen LogP contribution >= 0.6 is 23.2 Å². The highest BCUT2D eigenvalue weighted by atomic mass is 35.5. The summed E-state index contributed by atoms with van der Waals surface area (Å²) in [5, 5.41) is 27.6. The van der Waals surface area contributed by atoms with E-state index in [0.717, 1.165) is 32.2 Å². The summed E-state index contributed by atoms with van der Waals surface area (Å²) >= 11 is 11.9. The van der Waals surface area contributed by atoms with E-state index in [1.165, 1.54) is 30.1 Å². The Morgan fingerprint density at radius 3 is 1.33 bits per heavy atom. The molecule has 3 aromatic carbocycles.